The van der Waals surface area contributed by atoms with E-state index >= 15 is 0 Å². The highest BCUT2D eigenvalue weighted by molar-refractivity contribution is 5.89. The normalized spacial score (nSPS) is 11.5. The Hall–Kier alpha value is -3.01. The summed E-state index contributed by atoms with van der Waals surface area (Å²) in [6, 6.07) is 10.1. The van der Waals surface area contributed by atoms with Crippen LogP contribution in [-0.2, 0) is 6.42 Å². The molecular formula is C17H10F4N2O. The number of ether oxygens (including phenoxy) is 1. The van der Waals surface area contributed by atoms with Gasteiger partial charge in [0.15, 0.2) is 0 Å². The first kappa shape index (κ1) is 15.9. The van der Waals surface area contributed by atoms with Gasteiger partial charge in [0.05, 0.1) is 12.5 Å². The third-order valence-corrected chi connectivity index (χ3v) is 3.51. The van der Waals surface area contributed by atoms with Crippen molar-refractivity contribution < 1.29 is 22.3 Å². The molecule has 7 heteroatoms. The fourth-order valence-corrected chi connectivity index (χ4v) is 2.56. The van der Waals surface area contributed by atoms with Crippen LogP contribution in [0.4, 0.5) is 17.6 Å². The van der Waals surface area contributed by atoms with Gasteiger partial charge in [-0.2, -0.15) is 5.26 Å². The lowest BCUT2D eigenvalue weighted by Crippen LogP contribution is -2.17. The lowest BCUT2D eigenvalue weighted by Gasteiger charge is -2.11. The highest BCUT2D eigenvalue weighted by Gasteiger charge is 2.31. The SMILES string of the molecule is N#CCc1c[nH]c2ccc(-c3cccc(OC(F)(F)F)c3)c(F)c12. The molecule has 0 amide bonds. The highest BCUT2D eigenvalue weighted by atomic mass is 19.4. The molecule has 0 aliphatic heterocycles. The molecule has 2 aromatic carbocycles. The standard InChI is InChI=1S/C17H10F4N2O/c18-16-13(4-5-14-15(16)11(6-7-22)9-23-14)10-2-1-3-12(8-10)24-17(19,20)21/h1-5,8-9,23H,6H2. The van der Waals surface area contributed by atoms with Crippen LogP contribution in [0.1, 0.15) is 5.56 Å². The second kappa shape index (κ2) is 5.89. The van der Waals surface area contributed by atoms with Crippen molar-refractivity contribution in [2.45, 2.75) is 12.8 Å². The fourth-order valence-electron chi connectivity index (χ4n) is 2.56. The quantitative estimate of drug-likeness (QED) is 0.690. The number of aromatic nitrogens is 1. The van der Waals surface area contributed by atoms with Crippen molar-refractivity contribution in [1.29, 1.82) is 5.26 Å². The van der Waals surface area contributed by atoms with E-state index in [0.29, 0.717) is 11.1 Å². The first-order chi connectivity index (χ1) is 11.4. The monoisotopic (exact) mass is 334 g/mol. The average molecular weight is 334 g/mol. The molecular weight excluding hydrogens is 324 g/mol. The Morgan fingerprint density at radius 1 is 1.17 bits per heavy atom. The Bertz CT molecular complexity index is 938. The van der Waals surface area contributed by atoms with E-state index in [0.717, 1.165) is 12.1 Å². The highest BCUT2D eigenvalue weighted by Crippen LogP contribution is 2.33. The number of hydrogen-bond acceptors (Lipinski definition) is 2. The summed E-state index contributed by atoms with van der Waals surface area (Å²) in [6.45, 7) is 0. The fraction of sp³-hybridized carbons (Fsp3) is 0.118. The summed E-state index contributed by atoms with van der Waals surface area (Å²) >= 11 is 0. The van der Waals surface area contributed by atoms with Gasteiger partial charge in [-0.3, -0.25) is 0 Å². The molecule has 0 saturated carbocycles. The average Bonchev–Trinajstić information content (AvgIpc) is 2.90. The Kier molecular flexibility index (Phi) is 3.89. The molecule has 3 nitrogen and oxygen atoms in total. The van der Waals surface area contributed by atoms with Gasteiger partial charge in [-0.1, -0.05) is 12.1 Å². The van der Waals surface area contributed by atoms with Crippen molar-refractivity contribution in [3.63, 3.8) is 0 Å². The molecule has 1 N–H and O–H groups in total. The minimum Gasteiger partial charge on any atom is -0.406 e. The molecule has 0 atom stereocenters. The van der Waals surface area contributed by atoms with Gasteiger partial charge in [-0.25, -0.2) is 4.39 Å². The minimum atomic E-state index is -4.82. The third kappa shape index (κ3) is 3.04. The van der Waals surface area contributed by atoms with E-state index in [1.165, 1.54) is 18.2 Å². The topological polar surface area (TPSA) is 48.8 Å². The van der Waals surface area contributed by atoms with Crippen LogP contribution in [0, 0.1) is 17.1 Å². The molecule has 3 aromatic rings. The summed E-state index contributed by atoms with van der Waals surface area (Å²) in [4.78, 5) is 2.87. The zero-order chi connectivity index (χ0) is 17.3. The van der Waals surface area contributed by atoms with Crippen molar-refractivity contribution in [2.75, 3.05) is 0 Å². The van der Waals surface area contributed by atoms with Crippen molar-refractivity contribution in [3.8, 4) is 22.9 Å². The second-order valence-corrected chi connectivity index (χ2v) is 5.07. The maximum atomic E-state index is 14.8. The molecule has 122 valence electrons. The zero-order valence-corrected chi connectivity index (χ0v) is 12.1. The van der Waals surface area contributed by atoms with Crippen molar-refractivity contribution in [3.05, 3.63) is 54.0 Å². The van der Waals surface area contributed by atoms with E-state index < -0.39 is 17.9 Å². The number of aromatic amines is 1. The van der Waals surface area contributed by atoms with Gasteiger partial charge in [0.1, 0.15) is 11.6 Å². The van der Waals surface area contributed by atoms with Crippen LogP contribution >= 0.6 is 0 Å². The Morgan fingerprint density at radius 2 is 1.96 bits per heavy atom. The maximum absolute atomic E-state index is 14.8. The van der Waals surface area contributed by atoms with Gasteiger partial charge >= 0.3 is 6.36 Å². The maximum Gasteiger partial charge on any atom is 0.573 e. The molecule has 1 aromatic heterocycles. The van der Waals surface area contributed by atoms with Gasteiger partial charge < -0.3 is 9.72 Å². The number of halogens is 4. The summed E-state index contributed by atoms with van der Waals surface area (Å²) in [5.41, 5.74) is 1.40. The van der Waals surface area contributed by atoms with E-state index in [1.54, 1.807) is 12.3 Å². The Labute approximate surface area is 134 Å². The second-order valence-electron chi connectivity index (χ2n) is 5.07. The summed E-state index contributed by atoms with van der Waals surface area (Å²) in [7, 11) is 0. The van der Waals surface area contributed by atoms with Crippen LogP contribution in [0.5, 0.6) is 5.75 Å². The van der Waals surface area contributed by atoms with Gasteiger partial charge in [0, 0.05) is 22.7 Å². The van der Waals surface area contributed by atoms with Crippen molar-refractivity contribution >= 4 is 10.9 Å². The minimum absolute atomic E-state index is 0.0254. The Balaban J connectivity index is 2.10. The molecule has 0 bridgehead atoms. The van der Waals surface area contributed by atoms with Gasteiger partial charge in [0.25, 0.3) is 0 Å². The predicted octanol–water partition coefficient (Wildman–Crippen LogP) is 4.94. The van der Waals surface area contributed by atoms with Crippen molar-refractivity contribution in [1.82, 2.24) is 4.98 Å². The number of nitrogens with one attached hydrogen (secondary N) is 1. The van der Waals surface area contributed by atoms with Crippen molar-refractivity contribution in [2.24, 2.45) is 0 Å². The molecule has 0 saturated heterocycles. The number of fused-ring (bicyclic) bond motifs is 1. The molecule has 0 radical (unpaired) electrons. The van der Waals surface area contributed by atoms with Crippen LogP contribution in [0.15, 0.2) is 42.6 Å². The number of nitriles is 1. The molecule has 0 aliphatic rings. The van der Waals surface area contributed by atoms with E-state index in [1.807, 2.05) is 6.07 Å². The first-order valence-electron chi connectivity index (χ1n) is 6.90. The number of rotatable bonds is 3. The zero-order valence-electron chi connectivity index (χ0n) is 12.1. The number of hydrogen-bond donors (Lipinski definition) is 1. The smallest absolute Gasteiger partial charge is 0.406 e. The predicted molar refractivity (Wildman–Crippen MR) is 79.7 cm³/mol. The van der Waals surface area contributed by atoms with Crippen LogP contribution in [0.3, 0.4) is 0 Å². The summed E-state index contributed by atoms with van der Waals surface area (Å²) in [5, 5.41) is 9.07. The number of nitrogens with zero attached hydrogens (tertiary/aromatic N) is 1. The van der Waals surface area contributed by atoms with Gasteiger partial charge in [-0.15, -0.1) is 13.2 Å². The molecule has 3 rings (SSSR count). The molecule has 1 heterocycles. The summed E-state index contributed by atoms with van der Waals surface area (Å²) < 4.78 is 55.7. The molecule has 0 unspecified atom stereocenters. The lowest BCUT2D eigenvalue weighted by molar-refractivity contribution is -0.274. The van der Waals surface area contributed by atoms with Crippen LogP contribution in [0.2, 0.25) is 0 Å². The van der Waals surface area contributed by atoms with E-state index in [2.05, 4.69) is 9.72 Å². The first-order valence-corrected chi connectivity index (χ1v) is 6.90. The van der Waals surface area contributed by atoms with Crippen LogP contribution in [-0.4, -0.2) is 11.3 Å². The van der Waals surface area contributed by atoms with Crippen LogP contribution in [0.25, 0.3) is 22.0 Å². The third-order valence-electron chi connectivity index (χ3n) is 3.51. The molecule has 0 fully saturated rings. The van der Waals surface area contributed by atoms with E-state index in [9.17, 15) is 17.6 Å². The van der Waals surface area contributed by atoms with Gasteiger partial charge in [-0.05, 0) is 35.4 Å². The number of benzene rings is 2. The van der Waals surface area contributed by atoms with Gasteiger partial charge in [0.2, 0.25) is 0 Å². The summed E-state index contributed by atoms with van der Waals surface area (Å²) in [5.74, 6) is -1.02. The van der Waals surface area contributed by atoms with E-state index in [-0.39, 0.29) is 22.9 Å². The molecule has 0 spiro atoms. The van der Waals surface area contributed by atoms with Crippen LogP contribution < -0.4 is 4.74 Å². The number of alkyl halides is 3. The Morgan fingerprint density at radius 3 is 2.67 bits per heavy atom. The number of H-pyrrole nitrogens is 1. The largest absolute Gasteiger partial charge is 0.573 e. The molecule has 24 heavy (non-hydrogen) atoms. The molecule has 0 aliphatic carbocycles. The summed E-state index contributed by atoms with van der Waals surface area (Å²) in [6.07, 6.45) is -3.25. The lowest BCUT2D eigenvalue weighted by atomic mass is 10.0. The van der Waals surface area contributed by atoms with E-state index in [4.69, 9.17) is 5.26 Å².